The van der Waals surface area contributed by atoms with E-state index in [0.717, 1.165) is 11.3 Å². The first-order valence-corrected chi connectivity index (χ1v) is 10.9. The molecule has 0 spiro atoms. The number of aromatic nitrogens is 2. The Bertz CT molecular complexity index is 1340. The second-order valence-electron chi connectivity index (χ2n) is 7.49. The van der Waals surface area contributed by atoms with E-state index in [0.29, 0.717) is 44.8 Å². The minimum Gasteiger partial charge on any atom is -0.497 e. The van der Waals surface area contributed by atoms with Crippen molar-refractivity contribution < 1.29 is 19.0 Å². The number of amides is 1. The third-order valence-electron chi connectivity index (χ3n) is 5.37. The highest BCUT2D eigenvalue weighted by molar-refractivity contribution is 6.31. The number of nitrogens with zero attached hydrogens (tertiary/aromatic N) is 2. The molecule has 1 amide bonds. The second-order valence-corrected chi connectivity index (χ2v) is 7.90. The number of ether oxygens (including phenoxy) is 3. The summed E-state index contributed by atoms with van der Waals surface area (Å²) < 4.78 is 18.0. The van der Waals surface area contributed by atoms with Gasteiger partial charge in [0, 0.05) is 22.8 Å². The number of aryl methyl sites for hydroxylation is 1. The van der Waals surface area contributed by atoms with E-state index in [1.165, 1.54) is 7.11 Å². The van der Waals surface area contributed by atoms with Crippen LogP contribution in [0.25, 0.3) is 16.9 Å². The molecule has 1 N–H and O–H groups in total. The van der Waals surface area contributed by atoms with Crippen LogP contribution >= 0.6 is 11.6 Å². The highest BCUT2D eigenvalue weighted by Crippen LogP contribution is 2.36. The number of methoxy groups -OCH3 is 3. The van der Waals surface area contributed by atoms with E-state index in [1.807, 2.05) is 37.3 Å². The topological polar surface area (TPSA) is 74.6 Å². The lowest BCUT2D eigenvalue weighted by Crippen LogP contribution is -2.13. The summed E-state index contributed by atoms with van der Waals surface area (Å²) in [5.74, 6) is 1.28. The lowest BCUT2D eigenvalue weighted by atomic mass is 10.1. The minimum absolute atomic E-state index is 0.352. The molecule has 0 saturated heterocycles. The van der Waals surface area contributed by atoms with Crippen LogP contribution in [0.15, 0.2) is 66.9 Å². The van der Waals surface area contributed by atoms with Crippen LogP contribution < -0.4 is 19.5 Å². The number of carbonyl (C=O) groups is 1. The Morgan fingerprint density at radius 2 is 1.68 bits per heavy atom. The number of nitrogens with one attached hydrogen (secondary N) is 1. The monoisotopic (exact) mass is 477 g/mol. The molecule has 3 aromatic carbocycles. The molecule has 0 aliphatic carbocycles. The van der Waals surface area contributed by atoms with Crippen molar-refractivity contribution >= 4 is 23.2 Å². The molecule has 0 bridgehead atoms. The highest BCUT2D eigenvalue weighted by atomic mass is 35.5. The van der Waals surface area contributed by atoms with Gasteiger partial charge in [-0.05, 0) is 48.9 Å². The molecular formula is C26H24ClN3O4. The summed E-state index contributed by atoms with van der Waals surface area (Å²) >= 11 is 6.22. The van der Waals surface area contributed by atoms with Crippen molar-refractivity contribution in [1.29, 1.82) is 0 Å². The first-order chi connectivity index (χ1) is 16.4. The van der Waals surface area contributed by atoms with Gasteiger partial charge in [0.2, 0.25) is 0 Å². The Balaban J connectivity index is 1.85. The van der Waals surface area contributed by atoms with Crippen molar-refractivity contribution in [2.75, 3.05) is 26.6 Å². The molecule has 174 valence electrons. The molecule has 0 aliphatic rings. The summed E-state index contributed by atoms with van der Waals surface area (Å²) in [5.41, 5.74) is 3.55. The van der Waals surface area contributed by atoms with Crippen LogP contribution in [0.3, 0.4) is 0 Å². The molecule has 8 heteroatoms. The predicted molar refractivity (Wildman–Crippen MR) is 133 cm³/mol. The number of carbonyl (C=O) groups excluding carboxylic acids is 1. The predicted octanol–water partition coefficient (Wildman–Crippen LogP) is 5.78. The maximum Gasteiger partial charge on any atom is 0.259 e. The second kappa shape index (κ2) is 9.89. The van der Waals surface area contributed by atoms with Crippen LogP contribution in [0.2, 0.25) is 5.02 Å². The van der Waals surface area contributed by atoms with Gasteiger partial charge in [-0.2, -0.15) is 5.10 Å². The Labute approximate surface area is 202 Å². The average molecular weight is 478 g/mol. The number of para-hydroxylation sites is 1. The summed E-state index contributed by atoms with van der Waals surface area (Å²) in [4.78, 5) is 13.5. The van der Waals surface area contributed by atoms with Crippen LogP contribution in [0.1, 0.15) is 15.9 Å². The van der Waals surface area contributed by atoms with E-state index in [1.54, 1.807) is 55.4 Å². The van der Waals surface area contributed by atoms with E-state index in [2.05, 4.69) is 5.32 Å². The van der Waals surface area contributed by atoms with Crippen LogP contribution in [0, 0.1) is 6.92 Å². The van der Waals surface area contributed by atoms with Gasteiger partial charge < -0.3 is 19.5 Å². The molecule has 7 nitrogen and oxygen atoms in total. The van der Waals surface area contributed by atoms with Crippen LogP contribution in [0.5, 0.6) is 17.2 Å². The van der Waals surface area contributed by atoms with E-state index in [9.17, 15) is 4.79 Å². The van der Waals surface area contributed by atoms with Gasteiger partial charge in [-0.25, -0.2) is 4.68 Å². The van der Waals surface area contributed by atoms with Crippen molar-refractivity contribution in [3.63, 3.8) is 0 Å². The fourth-order valence-corrected chi connectivity index (χ4v) is 3.72. The molecule has 1 heterocycles. The molecule has 4 rings (SSSR count). The molecule has 4 aromatic rings. The van der Waals surface area contributed by atoms with E-state index in [4.69, 9.17) is 30.9 Å². The van der Waals surface area contributed by atoms with E-state index < -0.39 is 0 Å². The third-order valence-corrected chi connectivity index (χ3v) is 5.78. The normalized spacial score (nSPS) is 10.6. The molecular weight excluding hydrogens is 454 g/mol. The summed E-state index contributed by atoms with van der Waals surface area (Å²) in [7, 11) is 4.67. The maximum absolute atomic E-state index is 13.5. The summed E-state index contributed by atoms with van der Waals surface area (Å²) in [6, 6.07) is 18.4. The van der Waals surface area contributed by atoms with Crippen molar-refractivity contribution in [3.05, 3.63) is 83.0 Å². The number of benzene rings is 3. The highest BCUT2D eigenvalue weighted by Gasteiger charge is 2.23. The zero-order valence-electron chi connectivity index (χ0n) is 19.3. The smallest absolute Gasteiger partial charge is 0.259 e. The van der Waals surface area contributed by atoms with E-state index >= 15 is 0 Å². The minimum atomic E-state index is -0.359. The first-order valence-electron chi connectivity index (χ1n) is 10.5. The average Bonchev–Trinajstić information content (AvgIpc) is 3.31. The summed E-state index contributed by atoms with van der Waals surface area (Å²) in [6.45, 7) is 1.86. The lowest BCUT2D eigenvalue weighted by Gasteiger charge is -2.13. The van der Waals surface area contributed by atoms with Gasteiger partial charge in [0.1, 0.15) is 22.9 Å². The number of rotatable bonds is 7. The molecule has 0 atom stereocenters. The van der Waals surface area contributed by atoms with Gasteiger partial charge >= 0.3 is 0 Å². The Morgan fingerprint density at radius 3 is 2.35 bits per heavy atom. The Morgan fingerprint density at radius 1 is 0.941 bits per heavy atom. The van der Waals surface area contributed by atoms with Gasteiger partial charge in [0.25, 0.3) is 5.91 Å². The number of hydrogen-bond donors (Lipinski definition) is 1. The molecule has 0 aliphatic heterocycles. The lowest BCUT2D eigenvalue weighted by molar-refractivity contribution is 0.102. The maximum atomic E-state index is 13.5. The molecule has 34 heavy (non-hydrogen) atoms. The third kappa shape index (κ3) is 4.56. The van der Waals surface area contributed by atoms with E-state index in [-0.39, 0.29) is 5.91 Å². The molecule has 0 fully saturated rings. The van der Waals surface area contributed by atoms with Gasteiger partial charge in [-0.15, -0.1) is 0 Å². The van der Waals surface area contributed by atoms with Crippen LogP contribution in [0.4, 0.5) is 5.69 Å². The molecule has 0 saturated carbocycles. The molecule has 0 radical (unpaired) electrons. The first kappa shape index (κ1) is 23.2. The number of hydrogen-bond acceptors (Lipinski definition) is 5. The van der Waals surface area contributed by atoms with Crippen molar-refractivity contribution in [3.8, 4) is 34.2 Å². The fourth-order valence-electron chi connectivity index (χ4n) is 3.57. The zero-order valence-corrected chi connectivity index (χ0v) is 20.0. The van der Waals surface area contributed by atoms with Crippen molar-refractivity contribution in [2.45, 2.75) is 6.92 Å². The van der Waals surface area contributed by atoms with Crippen molar-refractivity contribution in [1.82, 2.24) is 9.78 Å². The Kier molecular flexibility index (Phi) is 6.75. The summed E-state index contributed by atoms with van der Waals surface area (Å²) in [5, 5.41) is 8.23. The van der Waals surface area contributed by atoms with Crippen LogP contribution in [-0.4, -0.2) is 37.0 Å². The number of halogens is 1. The number of anilines is 1. The zero-order chi connectivity index (χ0) is 24.2. The molecule has 1 aromatic heterocycles. The van der Waals surface area contributed by atoms with Gasteiger partial charge in [-0.3, -0.25) is 4.79 Å². The quantitative estimate of drug-likeness (QED) is 0.365. The van der Waals surface area contributed by atoms with Crippen LogP contribution in [-0.2, 0) is 0 Å². The van der Waals surface area contributed by atoms with Gasteiger partial charge in [0.05, 0.1) is 38.3 Å². The Hall–Kier alpha value is -3.97. The van der Waals surface area contributed by atoms with Gasteiger partial charge in [0.15, 0.2) is 0 Å². The SMILES string of the molecule is COc1ccc(OC)c(-c2nn(-c3ccccc3)cc2C(=O)Nc2cc(C)c(Cl)cc2OC)c1. The van der Waals surface area contributed by atoms with Gasteiger partial charge in [-0.1, -0.05) is 29.8 Å². The molecule has 0 unspecified atom stereocenters. The fraction of sp³-hybridized carbons (Fsp3) is 0.154. The largest absolute Gasteiger partial charge is 0.497 e. The standard InChI is InChI=1S/C26H24ClN3O4/c1-16-12-22(24(34-4)14-21(16)27)28-26(31)20-15-30(17-8-6-5-7-9-17)29-25(20)19-13-18(32-2)10-11-23(19)33-3/h5-15H,1-4H3,(H,28,31). The van der Waals surface area contributed by atoms with Crippen molar-refractivity contribution in [2.24, 2.45) is 0 Å². The summed E-state index contributed by atoms with van der Waals surface area (Å²) in [6.07, 6.45) is 1.69.